The maximum atomic E-state index is 13.4. The first-order valence-electron chi connectivity index (χ1n) is 8.39. The largest absolute Gasteiger partial charge is 0.268 e. The standard InChI is InChI=1S/C20H13ClFN3O3S/c1-29(27,28)20-23-11-12-10-16(15-4-2-3-5-17(15)21)19(26)25(18(12)24-20)14-8-6-13(22)7-9-14/h2-11H,1H3. The molecule has 2 aromatic carbocycles. The van der Waals surface area contributed by atoms with Crippen molar-refractivity contribution in [1.29, 1.82) is 0 Å². The summed E-state index contributed by atoms with van der Waals surface area (Å²) < 4.78 is 38.5. The fourth-order valence-electron chi connectivity index (χ4n) is 2.96. The molecule has 4 rings (SSSR count). The first-order chi connectivity index (χ1) is 13.8. The molecule has 0 N–H and O–H groups in total. The minimum Gasteiger partial charge on any atom is -0.268 e. The van der Waals surface area contributed by atoms with Crippen molar-refractivity contribution in [3.63, 3.8) is 0 Å². The molecule has 0 saturated carbocycles. The smallest absolute Gasteiger partial charge is 0.264 e. The zero-order valence-electron chi connectivity index (χ0n) is 15.0. The van der Waals surface area contributed by atoms with Crippen molar-refractivity contribution in [1.82, 2.24) is 14.5 Å². The SMILES string of the molecule is CS(=O)(=O)c1ncc2cc(-c3ccccc3Cl)c(=O)n(-c3ccc(F)cc3)c2n1. The Kier molecular flexibility index (Phi) is 4.68. The zero-order valence-corrected chi connectivity index (χ0v) is 16.6. The van der Waals surface area contributed by atoms with Crippen LogP contribution < -0.4 is 5.56 Å². The lowest BCUT2D eigenvalue weighted by atomic mass is 10.1. The quantitative estimate of drug-likeness (QED) is 0.464. The predicted molar refractivity (Wildman–Crippen MR) is 109 cm³/mol. The van der Waals surface area contributed by atoms with Gasteiger partial charge in [0.15, 0.2) is 5.65 Å². The Hall–Kier alpha value is -3.10. The van der Waals surface area contributed by atoms with E-state index in [0.717, 1.165) is 6.26 Å². The molecule has 0 atom stereocenters. The highest BCUT2D eigenvalue weighted by Crippen LogP contribution is 2.28. The highest BCUT2D eigenvalue weighted by molar-refractivity contribution is 7.90. The molecule has 0 aliphatic heterocycles. The second kappa shape index (κ2) is 7.06. The number of sulfone groups is 1. The Balaban J connectivity index is 2.14. The molecule has 6 nitrogen and oxygen atoms in total. The minimum absolute atomic E-state index is 0.0906. The predicted octanol–water partition coefficient (Wildman–Crippen LogP) is 3.64. The molecule has 0 spiro atoms. The van der Waals surface area contributed by atoms with Crippen LogP contribution in [0.1, 0.15) is 0 Å². The van der Waals surface area contributed by atoms with Crippen molar-refractivity contribution in [3.8, 4) is 16.8 Å². The van der Waals surface area contributed by atoms with Crippen molar-refractivity contribution in [2.75, 3.05) is 6.26 Å². The summed E-state index contributed by atoms with van der Waals surface area (Å²) >= 11 is 6.28. The molecule has 0 aliphatic rings. The number of nitrogens with zero attached hydrogens (tertiary/aromatic N) is 3. The van der Waals surface area contributed by atoms with E-state index in [9.17, 15) is 17.6 Å². The third-order valence-electron chi connectivity index (χ3n) is 4.30. The Labute approximate surface area is 170 Å². The van der Waals surface area contributed by atoms with Crippen molar-refractivity contribution in [2.45, 2.75) is 5.16 Å². The second-order valence-corrected chi connectivity index (χ2v) is 8.68. The van der Waals surface area contributed by atoms with E-state index in [1.807, 2.05) is 0 Å². The first kappa shape index (κ1) is 19.2. The molecule has 2 heterocycles. The van der Waals surface area contributed by atoms with Gasteiger partial charge in [-0.25, -0.2) is 17.8 Å². The van der Waals surface area contributed by atoms with Crippen LogP contribution in [-0.2, 0) is 9.84 Å². The summed E-state index contributed by atoms with van der Waals surface area (Å²) in [5, 5.41) is 0.394. The van der Waals surface area contributed by atoms with E-state index in [4.69, 9.17) is 11.6 Å². The van der Waals surface area contributed by atoms with Gasteiger partial charge in [0.05, 0.1) is 5.69 Å². The number of benzene rings is 2. The average molecular weight is 430 g/mol. The van der Waals surface area contributed by atoms with E-state index in [1.165, 1.54) is 35.0 Å². The van der Waals surface area contributed by atoms with E-state index < -0.39 is 26.4 Å². The van der Waals surface area contributed by atoms with Crippen LogP contribution in [0.5, 0.6) is 0 Å². The molecule has 0 bridgehead atoms. The molecular weight excluding hydrogens is 417 g/mol. The van der Waals surface area contributed by atoms with Gasteiger partial charge in [0.2, 0.25) is 15.0 Å². The summed E-state index contributed by atoms with van der Waals surface area (Å²) in [6, 6.07) is 13.6. The Morgan fingerprint density at radius 1 is 1.03 bits per heavy atom. The summed E-state index contributed by atoms with van der Waals surface area (Å²) in [5.74, 6) is -0.472. The third-order valence-corrected chi connectivity index (χ3v) is 5.49. The van der Waals surface area contributed by atoms with E-state index in [0.29, 0.717) is 21.7 Å². The van der Waals surface area contributed by atoms with E-state index in [2.05, 4.69) is 9.97 Å². The summed E-state index contributed by atoms with van der Waals surface area (Å²) in [7, 11) is -3.70. The van der Waals surface area contributed by atoms with Gasteiger partial charge < -0.3 is 0 Å². The van der Waals surface area contributed by atoms with Crippen LogP contribution in [0, 0.1) is 5.82 Å². The van der Waals surface area contributed by atoms with Crippen LogP contribution in [-0.4, -0.2) is 29.2 Å². The van der Waals surface area contributed by atoms with Crippen LogP contribution >= 0.6 is 11.6 Å². The summed E-state index contributed by atoms with van der Waals surface area (Å²) in [5.41, 5.74) is 0.726. The van der Waals surface area contributed by atoms with Crippen molar-refractivity contribution >= 4 is 32.5 Å². The summed E-state index contributed by atoms with van der Waals surface area (Å²) in [6.07, 6.45) is 2.31. The molecule has 29 heavy (non-hydrogen) atoms. The Morgan fingerprint density at radius 2 is 1.72 bits per heavy atom. The monoisotopic (exact) mass is 429 g/mol. The number of hydrogen-bond acceptors (Lipinski definition) is 5. The highest BCUT2D eigenvalue weighted by atomic mass is 35.5. The van der Waals surface area contributed by atoms with Gasteiger partial charge >= 0.3 is 0 Å². The number of fused-ring (bicyclic) bond motifs is 1. The summed E-state index contributed by atoms with van der Waals surface area (Å²) in [4.78, 5) is 21.4. The van der Waals surface area contributed by atoms with Gasteiger partial charge in [0.25, 0.3) is 5.56 Å². The maximum absolute atomic E-state index is 13.4. The van der Waals surface area contributed by atoms with E-state index >= 15 is 0 Å². The molecular formula is C20H13ClFN3O3S. The number of halogens is 2. The van der Waals surface area contributed by atoms with Gasteiger partial charge in [-0.05, 0) is 36.4 Å². The molecule has 0 saturated heterocycles. The van der Waals surface area contributed by atoms with Gasteiger partial charge in [0.1, 0.15) is 5.82 Å². The third kappa shape index (κ3) is 3.52. The zero-order chi connectivity index (χ0) is 20.8. The van der Waals surface area contributed by atoms with Crippen LogP contribution in [0.25, 0.3) is 27.8 Å². The average Bonchev–Trinajstić information content (AvgIpc) is 2.68. The van der Waals surface area contributed by atoms with Crippen LogP contribution in [0.15, 0.2) is 70.7 Å². The second-order valence-electron chi connectivity index (χ2n) is 6.36. The molecule has 9 heteroatoms. The van der Waals surface area contributed by atoms with Crippen LogP contribution in [0.2, 0.25) is 5.02 Å². The van der Waals surface area contributed by atoms with Gasteiger partial charge in [-0.15, -0.1) is 0 Å². The molecule has 0 aliphatic carbocycles. The van der Waals surface area contributed by atoms with Crippen LogP contribution in [0.4, 0.5) is 4.39 Å². The fraction of sp³-hybridized carbons (Fsp3) is 0.0500. The Bertz CT molecular complexity index is 1420. The maximum Gasteiger partial charge on any atom is 0.264 e. The molecule has 0 radical (unpaired) electrons. The Morgan fingerprint density at radius 3 is 2.38 bits per heavy atom. The lowest BCUT2D eigenvalue weighted by molar-refractivity contribution is 0.593. The highest BCUT2D eigenvalue weighted by Gasteiger charge is 2.19. The normalized spacial score (nSPS) is 11.7. The summed E-state index contributed by atoms with van der Waals surface area (Å²) in [6.45, 7) is 0. The lowest BCUT2D eigenvalue weighted by Crippen LogP contribution is -2.22. The fourth-order valence-corrected chi connectivity index (χ4v) is 3.70. The topological polar surface area (TPSA) is 81.9 Å². The number of hydrogen-bond donors (Lipinski definition) is 0. The van der Waals surface area contributed by atoms with Crippen molar-refractivity contribution in [2.24, 2.45) is 0 Å². The van der Waals surface area contributed by atoms with E-state index in [-0.39, 0.29) is 11.2 Å². The van der Waals surface area contributed by atoms with Gasteiger partial charge in [-0.2, -0.15) is 4.98 Å². The van der Waals surface area contributed by atoms with Gasteiger partial charge in [-0.1, -0.05) is 29.8 Å². The van der Waals surface area contributed by atoms with Crippen molar-refractivity contribution in [3.05, 3.63) is 82.0 Å². The molecule has 0 amide bonds. The van der Waals surface area contributed by atoms with Crippen molar-refractivity contribution < 1.29 is 12.8 Å². The van der Waals surface area contributed by atoms with E-state index in [1.54, 1.807) is 30.3 Å². The molecule has 4 aromatic rings. The first-order valence-corrected chi connectivity index (χ1v) is 10.7. The lowest BCUT2D eigenvalue weighted by Gasteiger charge is -2.13. The molecule has 146 valence electrons. The molecule has 0 fully saturated rings. The number of rotatable bonds is 3. The number of pyridine rings is 1. The van der Waals surface area contributed by atoms with Crippen LogP contribution in [0.3, 0.4) is 0 Å². The number of aromatic nitrogens is 3. The molecule has 2 aromatic heterocycles. The van der Waals surface area contributed by atoms with Gasteiger partial charge in [-0.3, -0.25) is 9.36 Å². The minimum atomic E-state index is -3.70. The van der Waals surface area contributed by atoms with Gasteiger partial charge in [0, 0.05) is 34.0 Å². The molecule has 0 unspecified atom stereocenters.